The SMILES string of the molecule is COc1ccccc1-c1ccc(C2(CNC(=O)CCCn3ccnc3)CC2)cc1. The van der Waals surface area contributed by atoms with Crippen molar-refractivity contribution in [3.8, 4) is 16.9 Å². The molecule has 1 aliphatic rings. The number of carbonyl (C=O) groups excluding carboxylic acids is 1. The lowest BCUT2D eigenvalue weighted by molar-refractivity contribution is -0.121. The Bertz CT molecular complexity index is 945. The lowest BCUT2D eigenvalue weighted by Gasteiger charge is -2.17. The minimum Gasteiger partial charge on any atom is -0.496 e. The van der Waals surface area contributed by atoms with Gasteiger partial charge in [0.25, 0.3) is 0 Å². The van der Waals surface area contributed by atoms with Crippen LogP contribution in [0.25, 0.3) is 11.1 Å². The van der Waals surface area contributed by atoms with E-state index in [0.717, 1.165) is 42.7 Å². The molecule has 1 fully saturated rings. The summed E-state index contributed by atoms with van der Waals surface area (Å²) in [6.07, 6.45) is 9.07. The van der Waals surface area contributed by atoms with Crippen LogP contribution >= 0.6 is 0 Å². The van der Waals surface area contributed by atoms with Gasteiger partial charge in [0, 0.05) is 42.9 Å². The first-order valence-electron chi connectivity index (χ1n) is 10.2. The number of methoxy groups -OCH3 is 1. The van der Waals surface area contributed by atoms with E-state index >= 15 is 0 Å². The molecule has 0 atom stereocenters. The third kappa shape index (κ3) is 4.50. The summed E-state index contributed by atoms with van der Waals surface area (Å²) in [5, 5.41) is 3.14. The molecular weight excluding hydrogens is 362 g/mol. The molecule has 29 heavy (non-hydrogen) atoms. The van der Waals surface area contributed by atoms with Gasteiger partial charge in [-0.05, 0) is 36.5 Å². The summed E-state index contributed by atoms with van der Waals surface area (Å²) in [7, 11) is 1.70. The molecule has 1 N–H and O–H groups in total. The third-order valence-electron chi connectivity index (χ3n) is 5.77. The quantitative estimate of drug-likeness (QED) is 0.597. The highest BCUT2D eigenvalue weighted by Crippen LogP contribution is 2.48. The first-order chi connectivity index (χ1) is 14.2. The molecule has 4 rings (SSSR count). The van der Waals surface area contributed by atoms with E-state index in [1.807, 2.05) is 29.0 Å². The number of carbonyl (C=O) groups is 1. The van der Waals surface area contributed by atoms with Crippen molar-refractivity contribution in [2.45, 2.75) is 37.6 Å². The van der Waals surface area contributed by atoms with Crippen molar-refractivity contribution in [3.63, 3.8) is 0 Å². The number of hydrogen-bond acceptors (Lipinski definition) is 3. The van der Waals surface area contributed by atoms with Crippen molar-refractivity contribution in [1.29, 1.82) is 0 Å². The monoisotopic (exact) mass is 389 g/mol. The van der Waals surface area contributed by atoms with Crippen LogP contribution in [0.3, 0.4) is 0 Å². The van der Waals surface area contributed by atoms with Crippen molar-refractivity contribution < 1.29 is 9.53 Å². The van der Waals surface area contributed by atoms with Gasteiger partial charge in [-0.15, -0.1) is 0 Å². The molecule has 1 amide bonds. The fourth-order valence-corrected chi connectivity index (χ4v) is 3.80. The Morgan fingerprint density at radius 1 is 1.17 bits per heavy atom. The Hall–Kier alpha value is -3.08. The summed E-state index contributed by atoms with van der Waals surface area (Å²) in [5.74, 6) is 1.01. The molecule has 3 aromatic rings. The Kier molecular flexibility index (Phi) is 5.65. The second-order valence-electron chi connectivity index (χ2n) is 7.74. The molecule has 1 aromatic heterocycles. The number of amides is 1. The lowest BCUT2D eigenvalue weighted by atomic mass is 9.93. The zero-order valence-electron chi connectivity index (χ0n) is 16.8. The summed E-state index contributed by atoms with van der Waals surface area (Å²) in [5.41, 5.74) is 3.64. The van der Waals surface area contributed by atoms with E-state index < -0.39 is 0 Å². The highest BCUT2D eigenvalue weighted by molar-refractivity contribution is 5.76. The number of benzene rings is 2. The maximum absolute atomic E-state index is 12.2. The molecule has 0 unspecified atom stereocenters. The van der Waals surface area contributed by atoms with E-state index in [-0.39, 0.29) is 11.3 Å². The van der Waals surface area contributed by atoms with Gasteiger partial charge in [0.15, 0.2) is 0 Å². The summed E-state index contributed by atoms with van der Waals surface area (Å²) >= 11 is 0. The Morgan fingerprint density at radius 3 is 2.66 bits per heavy atom. The van der Waals surface area contributed by atoms with Crippen molar-refractivity contribution in [2.75, 3.05) is 13.7 Å². The molecule has 1 saturated carbocycles. The van der Waals surface area contributed by atoms with Gasteiger partial charge in [-0.3, -0.25) is 4.79 Å². The molecule has 5 nitrogen and oxygen atoms in total. The highest BCUT2D eigenvalue weighted by atomic mass is 16.5. The van der Waals surface area contributed by atoms with Gasteiger partial charge in [0.2, 0.25) is 5.91 Å². The van der Waals surface area contributed by atoms with Crippen LogP contribution < -0.4 is 10.1 Å². The standard InChI is InChI=1S/C24H27N3O2/c1-29-22-6-3-2-5-21(22)19-8-10-20(11-9-19)24(12-13-24)17-26-23(28)7-4-15-27-16-14-25-18-27/h2-3,5-6,8-11,14,16,18H,4,7,12-13,15,17H2,1H3,(H,26,28). The number of hydrogen-bond donors (Lipinski definition) is 1. The smallest absolute Gasteiger partial charge is 0.220 e. The van der Waals surface area contributed by atoms with Gasteiger partial charge < -0.3 is 14.6 Å². The largest absolute Gasteiger partial charge is 0.496 e. The van der Waals surface area contributed by atoms with Crippen LogP contribution in [0.5, 0.6) is 5.75 Å². The molecule has 1 heterocycles. The van der Waals surface area contributed by atoms with Gasteiger partial charge in [0.05, 0.1) is 13.4 Å². The number of imidazole rings is 1. The zero-order valence-corrected chi connectivity index (χ0v) is 16.8. The molecule has 0 saturated heterocycles. The Morgan fingerprint density at radius 2 is 1.97 bits per heavy atom. The van der Waals surface area contributed by atoms with Crippen LogP contribution in [0.4, 0.5) is 0 Å². The Balaban J connectivity index is 1.33. The second-order valence-corrected chi connectivity index (χ2v) is 7.74. The maximum Gasteiger partial charge on any atom is 0.220 e. The van der Waals surface area contributed by atoms with E-state index in [9.17, 15) is 4.79 Å². The van der Waals surface area contributed by atoms with Crippen LogP contribution in [0.2, 0.25) is 0 Å². The molecule has 0 bridgehead atoms. The first-order valence-corrected chi connectivity index (χ1v) is 10.2. The van der Waals surface area contributed by atoms with Crippen LogP contribution in [-0.4, -0.2) is 29.1 Å². The van der Waals surface area contributed by atoms with Crippen molar-refractivity contribution in [2.24, 2.45) is 0 Å². The van der Waals surface area contributed by atoms with Gasteiger partial charge in [-0.1, -0.05) is 42.5 Å². The van der Waals surface area contributed by atoms with Gasteiger partial charge in [0.1, 0.15) is 5.75 Å². The number of nitrogens with one attached hydrogen (secondary N) is 1. The predicted molar refractivity (Wildman–Crippen MR) is 114 cm³/mol. The fraction of sp³-hybridized carbons (Fsp3) is 0.333. The minimum atomic E-state index is 0.0965. The van der Waals surface area contributed by atoms with Gasteiger partial charge in [-0.25, -0.2) is 4.98 Å². The van der Waals surface area contributed by atoms with E-state index in [4.69, 9.17) is 4.74 Å². The van der Waals surface area contributed by atoms with Crippen LogP contribution in [0, 0.1) is 0 Å². The van der Waals surface area contributed by atoms with Crippen molar-refractivity contribution in [3.05, 3.63) is 72.8 Å². The zero-order chi connectivity index (χ0) is 20.1. The Labute approximate surface area is 171 Å². The number of aromatic nitrogens is 2. The third-order valence-corrected chi connectivity index (χ3v) is 5.77. The normalized spacial score (nSPS) is 14.4. The van der Waals surface area contributed by atoms with E-state index in [1.165, 1.54) is 5.56 Å². The molecule has 0 spiro atoms. The average molecular weight is 389 g/mol. The predicted octanol–water partition coefficient (Wildman–Crippen LogP) is 4.19. The van der Waals surface area contributed by atoms with Crippen molar-refractivity contribution in [1.82, 2.24) is 14.9 Å². The number of para-hydroxylation sites is 1. The highest BCUT2D eigenvalue weighted by Gasteiger charge is 2.44. The van der Waals surface area contributed by atoms with Crippen LogP contribution in [-0.2, 0) is 16.8 Å². The number of ether oxygens (including phenoxy) is 1. The van der Waals surface area contributed by atoms with E-state index in [2.05, 4.69) is 40.6 Å². The molecule has 1 aliphatic carbocycles. The topological polar surface area (TPSA) is 56.1 Å². The number of aryl methyl sites for hydroxylation is 1. The summed E-state index contributed by atoms with van der Waals surface area (Å²) in [6.45, 7) is 1.54. The number of rotatable bonds is 9. The summed E-state index contributed by atoms with van der Waals surface area (Å²) in [4.78, 5) is 16.3. The van der Waals surface area contributed by atoms with E-state index in [1.54, 1.807) is 19.6 Å². The van der Waals surface area contributed by atoms with Crippen LogP contribution in [0.1, 0.15) is 31.2 Å². The lowest BCUT2D eigenvalue weighted by Crippen LogP contribution is -2.32. The minimum absolute atomic E-state index is 0.0965. The van der Waals surface area contributed by atoms with E-state index in [0.29, 0.717) is 13.0 Å². The molecule has 0 aliphatic heterocycles. The molecule has 150 valence electrons. The summed E-state index contributed by atoms with van der Waals surface area (Å²) in [6, 6.07) is 16.8. The molecular formula is C24H27N3O2. The van der Waals surface area contributed by atoms with Gasteiger partial charge in [-0.2, -0.15) is 0 Å². The fourth-order valence-electron chi connectivity index (χ4n) is 3.80. The molecule has 5 heteroatoms. The summed E-state index contributed by atoms with van der Waals surface area (Å²) < 4.78 is 7.48. The maximum atomic E-state index is 12.2. The first kappa shape index (κ1) is 19.2. The van der Waals surface area contributed by atoms with Gasteiger partial charge >= 0.3 is 0 Å². The van der Waals surface area contributed by atoms with Crippen molar-refractivity contribution >= 4 is 5.91 Å². The second kappa shape index (κ2) is 8.52. The molecule has 2 aromatic carbocycles. The van der Waals surface area contributed by atoms with Crippen LogP contribution in [0.15, 0.2) is 67.3 Å². The number of nitrogens with zero attached hydrogens (tertiary/aromatic N) is 2. The average Bonchev–Trinajstić information content (AvgIpc) is 3.38. The molecule has 0 radical (unpaired) electrons.